The molecule has 0 saturated heterocycles. The molecule has 6 heteroatoms. The third-order valence-electron chi connectivity index (χ3n) is 14.6. The van der Waals surface area contributed by atoms with Gasteiger partial charge in [-0.15, -0.1) is 0 Å². The van der Waals surface area contributed by atoms with Gasteiger partial charge in [0.25, 0.3) is 0 Å². The highest BCUT2D eigenvalue weighted by atomic mass is 16.6. The van der Waals surface area contributed by atoms with Crippen LogP contribution in [0.4, 0.5) is 0 Å². The molecule has 2 N–H and O–H groups in total. The van der Waals surface area contributed by atoms with Gasteiger partial charge in [-0.1, -0.05) is 47.0 Å². The number of esters is 2. The lowest BCUT2D eigenvalue weighted by atomic mass is 9.44. The van der Waals surface area contributed by atoms with Crippen LogP contribution >= 0.6 is 0 Å². The van der Waals surface area contributed by atoms with E-state index in [1.54, 1.807) is 0 Å². The quantitative estimate of drug-likeness (QED) is 0.205. The van der Waals surface area contributed by atoms with Crippen LogP contribution in [0.2, 0.25) is 0 Å². The number of aliphatic hydroxyl groups is 2. The highest BCUT2D eigenvalue weighted by molar-refractivity contribution is 5.77. The highest BCUT2D eigenvalue weighted by Crippen LogP contribution is 2.65. The number of hydrogen-bond donors (Lipinski definition) is 2. The Morgan fingerprint density at radius 3 is 2.04 bits per heavy atom. The van der Waals surface area contributed by atoms with Gasteiger partial charge >= 0.3 is 11.9 Å². The third kappa shape index (κ3) is 7.10. The van der Waals surface area contributed by atoms with E-state index in [-0.39, 0.29) is 22.8 Å². The second-order valence-electron chi connectivity index (χ2n) is 19.1. The van der Waals surface area contributed by atoms with Crippen molar-refractivity contribution in [1.29, 1.82) is 0 Å². The maximum absolute atomic E-state index is 14.3. The first-order chi connectivity index (χ1) is 21.0. The van der Waals surface area contributed by atoms with E-state index in [0.717, 1.165) is 96.3 Å². The minimum Gasteiger partial charge on any atom is -0.459 e. The largest absolute Gasteiger partial charge is 0.459 e. The van der Waals surface area contributed by atoms with Crippen LogP contribution in [0.3, 0.4) is 0 Å². The molecule has 0 aromatic rings. The molecule has 266 valence electrons. The molecule has 4 aliphatic carbocycles. The van der Waals surface area contributed by atoms with Gasteiger partial charge in [0.05, 0.1) is 22.0 Å². The van der Waals surface area contributed by atoms with Gasteiger partial charge in [0.1, 0.15) is 11.2 Å². The van der Waals surface area contributed by atoms with E-state index in [0.29, 0.717) is 24.2 Å². The number of ether oxygens (including phenoxy) is 2. The minimum atomic E-state index is -0.876. The topological polar surface area (TPSA) is 93.1 Å². The van der Waals surface area contributed by atoms with Crippen molar-refractivity contribution in [2.45, 2.75) is 201 Å². The van der Waals surface area contributed by atoms with Crippen molar-refractivity contribution in [3.8, 4) is 0 Å². The normalized spacial score (nSPS) is 38.1. The first-order valence-electron chi connectivity index (χ1n) is 18.9. The van der Waals surface area contributed by atoms with Crippen molar-refractivity contribution in [3.05, 3.63) is 0 Å². The first-order valence-corrected chi connectivity index (χ1v) is 18.9. The lowest BCUT2D eigenvalue weighted by Gasteiger charge is -2.62. The molecule has 4 saturated carbocycles. The van der Waals surface area contributed by atoms with E-state index in [1.165, 1.54) is 0 Å². The highest BCUT2D eigenvalue weighted by Gasteiger charge is 2.62. The average Bonchev–Trinajstić information content (AvgIpc) is 2.92. The van der Waals surface area contributed by atoms with Crippen molar-refractivity contribution in [2.24, 2.45) is 39.4 Å². The van der Waals surface area contributed by atoms with Crippen LogP contribution in [0, 0.1) is 39.4 Å². The Morgan fingerprint density at radius 1 is 0.826 bits per heavy atom. The second-order valence-corrected chi connectivity index (χ2v) is 19.1. The molecule has 4 bridgehead atoms. The Hall–Kier alpha value is -1.14. The molecular formula is C40H70O6. The van der Waals surface area contributed by atoms with Gasteiger partial charge in [0.2, 0.25) is 0 Å². The first kappa shape index (κ1) is 37.7. The van der Waals surface area contributed by atoms with Crippen LogP contribution in [-0.2, 0) is 19.1 Å². The molecular weight excluding hydrogens is 576 g/mol. The summed E-state index contributed by atoms with van der Waals surface area (Å²) in [6, 6.07) is 0. The lowest BCUT2D eigenvalue weighted by molar-refractivity contribution is -0.216. The van der Waals surface area contributed by atoms with E-state index >= 15 is 0 Å². The van der Waals surface area contributed by atoms with Crippen LogP contribution in [-0.4, -0.2) is 44.6 Å². The van der Waals surface area contributed by atoms with Crippen LogP contribution < -0.4 is 0 Å². The molecule has 4 fully saturated rings. The molecule has 0 spiro atoms. The number of rotatable bonds is 12. The van der Waals surface area contributed by atoms with Crippen molar-refractivity contribution in [2.75, 3.05) is 0 Å². The molecule has 46 heavy (non-hydrogen) atoms. The predicted octanol–water partition coefficient (Wildman–Crippen LogP) is 9.32. The third-order valence-corrected chi connectivity index (χ3v) is 14.6. The molecule has 6 nitrogen and oxygen atoms in total. The number of fused-ring (bicyclic) bond motifs is 4. The maximum atomic E-state index is 14.3. The van der Waals surface area contributed by atoms with Gasteiger partial charge in [-0.25, -0.2) is 0 Å². The standard InChI is InChI=1S/C40H70O6/c1-12-18-36(9,32(42)46-38(11)21-28-16-15-19-40(44,22-28)27-38)23-29-17-20-39(33(4,5)43)25-30(29)24-37(10,26-39)34(6,7)45-31(41)35(8,13-2)14-3/h28-30,43-44H,12-27H2,1-11H3. The van der Waals surface area contributed by atoms with E-state index < -0.39 is 33.2 Å². The summed E-state index contributed by atoms with van der Waals surface area (Å²) in [6.45, 7) is 22.8. The average molecular weight is 647 g/mol. The SMILES string of the molecule is CCCC(C)(CC1CCC2(C(C)(C)O)CC1CC(C)(C(C)(C)OC(=O)C(C)(CC)CC)C2)C(=O)OC1(C)CC2CCCC(O)(C2)C1. The van der Waals surface area contributed by atoms with Gasteiger partial charge in [-0.05, 0) is 149 Å². The van der Waals surface area contributed by atoms with Gasteiger partial charge in [0, 0.05) is 11.8 Å². The Balaban J connectivity index is 1.59. The van der Waals surface area contributed by atoms with Crippen LogP contribution in [0.5, 0.6) is 0 Å². The zero-order valence-corrected chi connectivity index (χ0v) is 31.6. The Kier molecular flexibility index (Phi) is 10.3. The summed E-state index contributed by atoms with van der Waals surface area (Å²) in [5.74, 6) is 0.795. The van der Waals surface area contributed by atoms with Gasteiger partial charge in [-0.2, -0.15) is 0 Å². The molecule has 0 aromatic carbocycles. The Bertz CT molecular complexity index is 1120. The van der Waals surface area contributed by atoms with Crippen LogP contribution in [0.25, 0.3) is 0 Å². The van der Waals surface area contributed by atoms with Gasteiger partial charge in [0.15, 0.2) is 0 Å². The molecule has 4 rings (SSSR count). The molecule has 0 aromatic heterocycles. The van der Waals surface area contributed by atoms with Crippen LogP contribution in [0.1, 0.15) is 179 Å². The van der Waals surface area contributed by atoms with Crippen molar-refractivity contribution in [1.82, 2.24) is 0 Å². The molecule has 8 unspecified atom stereocenters. The fourth-order valence-electron chi connectivity index (χ4n) is 10.8. The summed E-state index contributed by atoms with van der Waals surface area (Å²) in [7, 11) is 0. The van der Waals surface area contributed by atoms with E-state index in [4.69, 9.17) is 9.47 Å². The lowest BCUT2D eigenvalue weighted by Crippen LogP contribution is -2.60. The zero-order chi connectivity index (χ0) is 34.6. The van der Waals surface area contributed by atoms with Crippen molar-refractivity contribution >= 4 is 11.9 Å². The molecule has 0 aliphatic heterocycles. The Labute approximate surface area is 281 Å². The minimum absolute atomic E-state index is 0.106. The maximum Gasteiger partial charge on any atom is 0.312 e. The summed E-state index contributed by atoms with van der Waals surface area (Å²) in [5, 5.41) is 23.0. The summed E-state index contributed by atoms with van der Waals surface area (Å²) >= 11 is 0. The zero-order valence-electron chi connectivity index (χ0n) is 31.6. The molecule has 0 radical (unpaired) electrons. The summed E-state index contributed by atoms with van der Waals surface area (Å²) in [5.41, 5.74) is -4.69. The molecule has 0 amide bonds. The molecule has 0 heterocycles. The number of carbonyl (C=O) groups excluding carboxylic acids is 2. The molecule has 4 aliphatic rings. The van der Waals surface area contributed by atoms with E-state index in [2.05, 4.69) is 55.4 Å². The van der Waals surface area contributed by atoms with Gasteiger partial charge in [-0.3, -0.25) is 9.59 Å². The Morgan fingerprint density at radius 2 is 1.48 bits per heavy atom. The monoisotopic (exact) mass is 647 g/mol. The van der Waals surface area contributed by atoms with Crippen molar-refractivity contribution in [3.63, 3.8) is 0 Å². The fraction of sp³-hybridized carbons (Fsp3) is 0.950. The van der Waals surface area contributed by atoms with E-state index in [1.807, 2.05) is 20.8 Å². The van der Waals surface area contributed by atoms with Crippen LogP contribution in [0.15, 0.2) is 0 Å². The summed E-state index contributed by atoms with van der Waals surface area (Å²) in [4.78, 5) is 27.9. The second kappa shape index (κ2) is 12.6. The smallest absolute Gasteiger partial charge is 0.312 e. The predicted molar refractivity (Wildman–Crippen MR) is 184 cm³/mol. The summed E-state index contributed by atoms with van der Waals surface area (Å²) < 4.78 is 13.0. The molecule has 8 atom stereocenters. The number of hydrogen-bond acceptors (Lipinski definition) is 6. The summed E-state index contributed by atoms with van der Waals surface area (Å²) in [6.07, 6.45) is 13.5. The van der Waals surface area contributed by atoms with E-state index in [9.17, 15) is 19.8 Å². The van der Waals surface area contributed by atoms with Crippen molar-refractivity contribution < 1.29 is 29.3 Å². The van der Waals surface area contributed by atoms with Gasteiger partial charge < -0.3 is 19.7 Å². The number of carbonyl (C=O) groups is 2. The fourth-order valence-corrected chi connectivity index (χ4v) is 10.8.